The summed E-state index contributed by atoms with van der Waals surface area (Å²) < 4.78 is 6.92. The van der Waals surface area contributed by atoms with Crippen molar-refractivity contribution in [2.45, 2.75) is 26.3 Å². The molecule has 6 nitrogen and oxygen atoms in total. The van der Waals surface area contributed by atoms with Gasteiger partial charge in [0.1, 0.15) is 5.76 Å². The van der Waals surface area contributed by atoms with Gasteiger partial charge in [0.15, 0.2) is 5.69 Å². The Labute approximate surface area is 117 Å². The molecule has 0 aliphatic carbocycles. The van der Waals surface area contributed by atoms with E-state index in [9.17, 15) is 4.79 Å². The molecule has 2 aromatic rings. The molecule has 6 heteroatoms. The van der Waals surface area contributed by atoms with Crippen LogP contribution in [0, 0.1) is 12.8 Å². The summed E-state index contributed by atoms with van der Waals surface area (Å²) in [6, 6.07) is 3.63. The van der Waals surface area contributed by atoms with Gasteiger partial charge >= 0.3 is 0 Å². The van der Waals surface area contributed by atoms with Crippen molar-refractivity contribution >= 4 is 5.91 Å². The molecule has 1 aliphatic rings. The molecule has 1 aliphatic heterocycles. The van der Waals surface area contributed by atoms with Gasteiger partial charge in [-0.05, 0) is 31.7 Å². The monoisotopic (exact) mass is 274 g/mol. The molecule has 3 rings (SSSR count). The van der Waals surface area contributed by atoms with Crippen LogP contribution in [0.1, 0.15) is 29.1 Å². The minimum atomic E-state index is -0.0283. The third-order valence-corrected chi connectivity index (χ3v) is 3.75. The first kappa shape index (κ1) is 12.9. The van der Waals surface area contributed by atoms with Crippen LogP contribution in [0.2, 0.25) is 0 Å². The molecule has 0 N–H and O–H groups in total. The molecule has 0 bridgehead atoms. The van der Waals surface area contributed by atoms with Gasteiger partial charge < -0.3 is 9.42 Å². The Morgan fingerprint density at radius 2 is 2.25 bits per heavy atom. The van der Waals surface area contributed by atoms with E-state index < -0.39 is 0 Å². The molecule has 3 heterocycles. The Morgan fingerprint density at radius 1 is 1.45 bits per heavy atom. The number of rotatable bonds is 3. The van der Waals surface area contributed by atoms with Crippen LogP contribution < -0.4 is 0 Å². The molecule has 0 atom stereocenters. The number of carbonyl (C=O) groups is 1. The first-order chi connectivity index (χ1) is 9.72. The van der Waals surface area contributed by atoms with Crippen molar-refractivity contribution in [3.05, 3.63) is 36.0 Å². The molecular formula is C14H18N4O2. The highest BCUT2D eigenvalue weighted by Crippen LogP contribution is 2.20. The van der Waals surface area contributed by atoms with Crippen LogP contribution in [0.15, 0.2) is 29.0 Å². The standard InChI is InChI=1S/C14H18N4O2/c1-11-9-13(16-20-11)14(19)17-7-3-12(4-8-17)10-18-6-2-5-15-18/h2,5-6,9,12H,3-4,7-8,10H2,1H3. The van der Waals surface area contributed by atoms with Crippen molar-refractivity contribution in [1.82, 2.24) is 19.8 Å². The highest BCUT2D eigenvalue weighted by Gasteiger charge is 2.25. The third kappa shape index (κ3) is 2.74. The highest BCUT2D eigenvalue weighted by molar-refractivity contribution is 5.92. The number of nitrogens with zero attached hydrogens (tertiary/aromatic N) is 4. The van der Waals surface area contributed by atoms with E-state index in [2.05, 4.69) is 10.3 Å². The van der Waals surface area contributed by atoms with E-state index in [1.54, 1.807) is 19.2 Å². The molecule has 1 fully saturated rings. The average molecular weight is 274 g/mol. The molecule has 0 radical (unpaired) electrons. The lowest BCUT2D eigenvalue weighted by Gasteiger charge is -2.31. The minimum Gasteiger partial charge on any atom is -0.361 e. The number of hydrogen-bond donors (Lipinski definition) is 0. The van der Waals surface area contributed by atoms with E-state index in [0.717, 1.165) is 32.5 Å². The van der Waals surface area contributed by atoms with Crippen LogP contribution in [0.25, 0.3) is 0 Å². The van der Waals surface area contributed by atoms with Crippen LogP contribution in [-0.2, 0) is 6.54 Å². The van der Waals surface area contributed by atoms with E-state index in [1.165, 1.54) is 0 Å². The SMILES string of the molecule is Cc1cc(C(=O)N2CCC(Cn3cccn3)CC2)no1. The number of aromatic nitrogens is 3. The van der Waals surface area contributed by atoms with Crippen LogP contribution in [0.4, 0.5) is 0 Å². The molecule has 106 valence electrons. The summed E-state index contributed by atoms with van der Waals surface area (Å²) in [5, 5.41) is 8.02. The summed E-state index contributed by atoms with van der Waals surface area (Å²) in [6.07, 6.45) is 5.78. The average Bonchev–Trinajstić information content (AvgIpc) is 3.10. The molecule has 0 aromatic carbocycles. The molecule has 1 saturated heterocycles. The lowest BCUT2D eigenvalue weighted by atomic mass is 9.96. The number of aryl methyl sites for hydroxylation is 1. The van der Waals surface area contributed by atoms with Crippen molar-refractivity contribution in [1.29, 1.82) is 0 Å². The Kier molecular flexibility index (Phi) is 3.54. The van der Waals surface area contributed by atoms with Crippen LogP contribution in [-0.4, -0.2) is 38.8 Å². The van der Waals surface area contributed by atoms with E-state index in [-0.39, 0.29) is 5.91 Å². The maximum atomic E-state index is 12.2. The molecule has 0 saturated carbocycles. The number of likely N-dealkylation sites (tertiary alicyclic amines) is 1. The fraction of sp³-hybridized carbons (Fsp3) is 0.500. The number of carbonyl (C=O) groups excluding carboxylic acids is 1. The van der Waals surface area contributed by atoms with Gasteiger partial charge in [0, 0.05) is 38.1 Å². The second kappa shape index (κ2) is 5.48. The Hall–Kier alpha value is -2.11. The first-order valence-electron chi connectivity index (χ1n) is 6.92. The summed E-state index contributed by atoms with van der Waals surface area (Å²) >= 11 is 0. The Bertz CT molecular complexity index is 568. The van der Waals surface area contributed by atoms with E-state index >= 15 is 0 Å². The predicted molar refractivity (Wildman–Crippen MR) is 72.1 cm³/mol. The van der Waals surface area contributed by atoms with Gasteiger partial charge in [0.05, 0.1) is 0 Å². The van der Waals surface area contributed by atoms with Crippen molar-refractivity contribution in [2.75, 3.05) is 13.1 Å². The normalized spacial score (nSPS) is 16.6. The third-order valence-electron chi connectivity index (χ3n) is 3.75. The summed E-state index contributed by atoms with van der Waals surface area (Å²) in [7, 11) is 0. The largest absolute Gasteiger partial charge is 0.361 e. The Morgan fingerprint density at radius 3 is 2.85 bits per heavy atom. The van der Waals surface area contributed by atoms with Crippen LogP contribution >= 0.6 is 0 Å². The lowest BCUT2D eigenvalue weighted by Crippen LogP contribution is -2.39. The fourth-order valence-electron chi connectivity index (χ4n) is 2.62. The first-order valence-corrected chi connectivity index (χ1v) is 6.92. The number of amides is 1. The molecule has 1 amide bonds. The highest BCUT2D eigenvalue weighted by atomic mass is 16.5. The van der Waals surface area contributed by atoms with E-state index in [0.29, 0.717) is 17.4 Å². The summed E-state index contributed by atoms with van der Waals surface area (Å²) in [6.45, 7) is 4.27. The van der Waals surface area contributed by atoms with E-state index in [1.807, 2.05) is 21.8 Å². The van der Waals surface area contributed by atoms with Crippen LogP contribution in [0.5, 0.6) is 0 Å². The zero-order valence-electron chi connectivity index (χ0n) is 11.5. The maximum absolute atomic E-state index is 12.2. The molecular weight excluding hydrogens is 256 g/mol. The molecule has 0 unspecified atom stereocenters. The topological polar surface area (TPSA) is 64.2 Å². The fourth-order valence-corrected chi connectivity index (χ4v) is 2.62. The molecule has 0 spiro atoms. The second-order valence-corrected chi connectivity index (χ2v) is 5.29. The van der Waals surface area contributed by atoms with Crippen LogP contribution in [0.3, 0.4) is 0 Å². The number of hydrogen-bond acceptors (Lipinski definition) is 4. The minimum absolute atomic E-state index is 0.0283. The predicted octanol–water partition coefficient (Wildman–Crippen LogP) is 1.73. The summed E-state index contributed by atoms with van der Waals surface area (Å²) in [4.78, 5) is 14.1. The van der Waals surface area contributed by atoms with Gasteiger partial charge in [-0.15, -0.1) is 0 Å². The van der Waals surface area contributed by atoms with Crippen molar-refractivity contribution < 1.29 is 9.32 Å². The Balaban J connectivity index is 1.54. The van der Waals surface area contributed by atoms with Gasteiger partial charge in [-0.2, -0.15) is 5.10 Å². The quantitative estimate of drug-likeness (QED) is 0.855. The zero-order valence-corrected chi connectivity index (χ0v) is 11.5. The van der Waals surface area contributed by atoms with Crippen molar-refractivity contribution in [2.24, 2.45) is 5.92 Å². The van der Waals surface area contributed by atoms with Gasteiger partial charge in [-0.1, -0.05) is 5.16 Å². The lowest BCUT2D eigenvalue weighted by molar-refractivity contribution is 0.0671. The van der Waals surface area contributed by atoms with Gasteiger partial charge in [-0.3, -0.25) is 9.48 Å². The van der Waals surface area contributed by atoms with Gasteiger partial charge in [-0.25, -0.2) is 0 Å². The van der Waals surface area contributed by atoms with Gasteiger partial charge in [0.25, 0.3) is 5.91 Å². The van der Waals surface area contributed by atoms with Crippen molar-refractivity contribution in [3.8, 4) is 0 Å². The number of piperidine rings is 1. The summed E-state index contributed by atoms with van der Waals surface area (Å²) in [5.41, 5.74) is 0.410. The molecule has 2 aromatic heterocycles. The zero-order chi connectivity index (χ0) is 13.9. The van der Waals surface area contributed by atoms with Crippen molar-refractivity contribution in [3.63, 3.8) is 0 Å². The van der Waals surface area contributed by atoms with E-state index in [4.69, 9.17) is 4.52 Å². The second-order valence-electron chi connectivity index (χ2n) is 5.29. The van der Waals surface area contributed by atoms with Gasteiger partial charge in [0.2, 0.25) is 0 Å². The summed E-state index contributed by atoms with van der Waals surface area (Å²) in [5.74, 6) is 1.22. The maximum Gasteiger partial charge on any atom is 0.276 e. The molecule has 20 heavy (non-hydrogen) atoms. The smallest absolute Gasteiger partial charge is 0.276 e.